The third-order valence-corrected chi connectivity index (χ3v) is 4.96. The Morgan fingerprint density at radius 1 is 0.966 bits per heavy atom. The summed E-state index contributed by atoms with van der Waals surface area (Å²) in [4.78, 5) is 6.57. The molecule has 1 aromatic heterocycles. The third kappa shape index (κ3) is 4.67. The molecule has 0 aliphatic heterocycles. The molecule has 0 saturated heterocycles. The van der Waals surface area contributed by atoms with Crippen LogP contribution in [0, 0.1) is 11.3 Å². The molecule has 29 heavy (non-hydrogen) atoms. The quantitative estimate of drug-likeness (QED) is 0.480. The molecular formula is C24H27N3O2. The monoisotopic (exact) mass is 389 g/mol. The highest BCUT2D eigenvalue weighted by Crippen LogP contribution is 2.32. The Bertz CT molecular complexity index is 1010. The number of ether oxygens (including phenoxy) is 2. The fourth-order valence-electron chi connectivity index (χ4n) is 3.43. The average Bonchev–Trinajstić information content (AvgIpc) is 2.77. The Kier molecular flexibility index (Phi) is 7.04. The topological polar surface area (TPSA) is 58.4 Å². The van der Waals surface area contributed by atoms with Crippen LogP contribution in [0.4, 0.5) is 5.69 Å². The molecule has 5 heteroatoms. The van der Waals surface area contributed by atoms with E-state index in [0.29, 0.717) is 31.3 Å². The Morgan fingerprint density at radius 3 is 2.45 bits per heavy atom. The molecule has 0 N–H and O–H groups in total. The molecule has 0 saturated carbocycles. The maximum Gasteiger partial charge on any atom is 0.232 e. The lowest BCUT2D eigenvalue weighted by atomic mass is 9.98. The van der Waals surface area contributed by atoms with Crippen molar-refractivity contribution in [3.05, 3.63) is 54.2 Å². The van der Waals surface area contributed by atoms with Gasteiger partial charge in [0.1, 0.15) is 18.2 Å². The van der Waals surface area contributed by atoms with Crippen LogP contribution in [0.1, 0.15) is 26.3 Å². The number of pyridine rings is 1. The van der Waals surface area contributed by atoms with Gasteiger partial charge in [-0.3, -0.25) is 0 Å². The van der Waals surface area contributed by atoms with Crippen molar-refractivity contribution < 1.29 is 9.47 Å². The lowest BCUT2D eigenvalue weighted by Gasteiger charge is -2.21. The van der Waals surface area contributed by atoms with E-state index < -0.39 is 0 Å². The van der Waals surface area contributed by atoms with E-state index in [1.165, 1.54) is 11.1 Å². The fraction of sp³-hybridized carbons (Fsp3) is 0.333. The van der Waals surface area contributed by atoms with E-state index in [0.717, 1.165) is 29.6 Å². The molecule has 0 aliphatic rings. The van der Waals surface area contributed by atoms with E-state index in [4.69, 9.17) is 9.47 Å². The number of nitriles is 1. The second-order valence-corrected chi connectivity index (χ2v) is 6.61. The van der Waals surface area contributed by atoms with Crippen molar-refractivity contribution in [3.63, 3.8) is 0 Å². The maximum atomic E-state index is 9.72. The summed E-state index contributed by atoms with van der Waals surface area (Å²) < 4.78 is 11.0. The molecule has 0 fully saturated rings. The van der Waals surface area contributed by atoms with Crippen molar-refractivity contribution in [2.45, 2.75) is 20.8 Å². The average molecular weight is 389 g/mol. The Morgan fingerprint density at radius 2 is 1.72 bits per heavy atom. The van der Waals surface area contributed by atoms with E-state index in [1.54, 1.807) is 6.20 Å². The molecule has 0 atom stereocenters. The van der Waals surface area contributed by atoms with Crippen LogP contribution in [0.15, 0.2) is 48.7 Å². The van der Waals surface area contributed by atoms with Gasteiger partial charge in [-0.15, -0.1) is 0 Å². The van der Waals surface area contributed by atoms with Crippen LogP contribution >= 0.6 is 0 Å². The van der Waals surface area contributed by atoms with Crippen LogP contribution in [-0.2, 0) is 4.74 Å². The summed E-state index contributed by atoms with van der Waals surface area (Å²) >= 11 is 0. The van der Waals surface area contributed by atoms with Gasteiger partial charge in [-0.05, 0) is 61.4 Å². The number of benzene rings is 2. The van der Waals surface area contributed by atoms with Crippen LogP contribution < -0.4 is 9.64 Å². The second kappa shape index (κ2) is 9.90. The number of rotatable bonds is 9. The first-order valence-electron chi connectivity index (χ1n) is 10.1. The minimum Gasteiger partial charge on any atom is -0.474 e. The Hall–Kier alpha value is -3.10. The highest BCUT2D eigenvalue weighted by molar-refractivity contribution is 5.90. The van der Waals surface area contributed by atoms with Crippen LogP contribution in [0.25, 0.3) is 21.9 Å². The summed E-state index contributed by atoms with van der Waals surface area (Å²) in [6, 6.07) is 16.9. The zero-order valence-corrected chi connectivity index (χ0v) is 17.3. The van der Waals surface area contributed by atoms with Gasteiger partial charge in [-0.25, -0.2) is 4.98 Å². The fourth-order valence-corrected chi connectivity index (χ4v) is 3.43. The lowest BCUT2D eigenvalue weighted by Crippen LogP contribution is -2.21. The van der Waals surface area contributed by atoms with Crippen LogP contribution in [0.2, 0.25) is 0 Å². The molecule has 1 heterocycles. The molecule has 2 aromatic carbocycles. The second-order valence-electron chi connectivity index (χ2n) is 6.61. The molecule has 150 valence electrons. The third-order valence-electron chi connectivity index (χ3n) is 4.96. The minimum absolute atomic E-state index is 0.349. The number of fused-ring (bicyclic) bond motifs is 1. The molecule has 0 bridgehead atoms. The van der Waals surface area contributed by atoms with E-state index in [1.807, 2.05) is 13.0 Å². The number of hydrogen-bond acceptors (Lipinski definition) is 5. The predicted molar refractivity (Wildman–Crippen MR) is 117 cm³/mol. The molecular weight excluding hydrogens is 362 g/mol. The predicted octanol–water partition coefficient (Wildman–Crippen LogP) is 5.03. The molecule has 5 nitrogen and oxygen atoms in total. The summed E-state index contributed by atoms with van der Waals surface area (Å²) in [7, 11) is 0. The van der Waals surface area contributed by atoms with Gasteiger partial charge in [0.15, 0.2) is 0 Å². The first-order valence-corrected chi connectivity index (χ1v) is 10.1. The molecule has 0 amide bonds. The van der Waals surface area contributed by atoms with Gasteiger partial charge in [-0.2, -0.15) is 5.26 Å². The molecule has 3 aromatic rings. The van der Waals surface area contributed by atoms with Crippen LogP contribution in [0.5, 0.6) is 5.88 Å². The first-order chi connectivity index (χ1) is 14.2. The first kappa shape index (κ1) is 20.6. The normalized spacial score (nSPS) is 10.7. The summed E-state index contributed by atoms with van der Waals surface area (Å²) in [5.41, 5.74) is 3.47. The number of hydrogen-bond donors (Lipinski definition) is 0. The van der Waals surface area contributed by atoms with Gasteiger partial charge in [0.25, 0.3) is 0 Å². The summed E-state index contributed by atoms with van der Waals surface area (Å²) in [5, 5.41) is 12.0. The highest BCUT2D eigenvalue weighted by atomic mass is 16.5. The molecule has 0 aliphatic carbocycles. The van der Waals surface area contributed by atoms with Gasteiger partial charge in [0.2, 0.25) is 5.88 Å². The summed E-state index contributed by atoms with van der Waals surface area (Å²) in [5.74, 6) is 0.349. The SMILES string of the molecule is CCOCCOc1nccc(-c2ccc3cc(N(CC)CC)ccc3c2)c1C#N. The molecule has 0 spiro atoms. The van der Waals surface area contributed by atoms with Crippen molar-refractivity contribution >= 4 is 16.5 Å². The van der Waals surface area contributed by atoms with Crippen molar-refractivity contribution in [2.75, 3.05) is 37.8 Å². The van der Waals surface area contributed by atoms with Crippen molar-refractivity contribution in [3.8, 4) is 23.1 Å². The minimum atomic E-state index is 0.349. The molecule has 0 unspecified atom stereocenters. The standard InChI is InChI=1S/C24H27N3O2/c1-4-27(5-2)21-10-9-18-15-20(8-7-19(18)16-21)22-11-12-26-24(23(22)17-25)29-14-13-28-6-3/h7-12,15-16H,4-6,13-14H2,1-3H3. The van der Waals surface area contributed by atoms with Gasteiger partial charge in [-0.1, -0.05) is 18.2 Å². The Labute approximate surface area is 172 Å². The Balaban J connectivity index is 1.93. The lowest BCUT2D eigenvalue weighted by molar-refractivity contribution is 0.108. The van der Waals surface area contributed by atoms with Crippen LogP contribution in [-0.4, -0.2) is 37.9 Å². The van der Waals surface area contributed by atoms with Crippen molar-refractivity contribution in [2.24, 2.45) is 0 Å². The van der Waals surface area contributed by atoms with Crippen molar-refractivity contribution in [1.29, 1.82) is 5.26 Å². The number of nitrogens with zero attached hydrogens (tertiary/aromatic N) is 3. The van der Waals surface area contributed by atoms with Crippen molar-refractivity contribution in [1.82, 2.24) is 4.98 Å². The summed E-state index contributed by atoms with van der Waals surface area (Å²) in [6.07, 6.45) is 1.68. The van der Waals surface area contributed by atoms with Gasteiger partial charge < -0.3 is 14.4 Å². The molecule has 3 rings (SSSR count). The highest BCUT2D eigenvalue weighted by Gasteiger charge is 2.13. The smallest absolute Gasteiger partial charge is 0.232 e. The largest absolute Gasteiger partial charge is 0.474 e. The molecule has 0 radical (unpaired) electrons. The van der Waals surface area contributed by atoms with E-state index in [-0.39, 0.29) is 0 Å². The zero-order valence-electron chi connectivity index (χ0n) is 17.3. The van der Waals surface area contributed by atoms with E-state index >= 15 is 0 Å². The van der Waals surface area contributed by atoms with Crippen LogP contribution in [0.3, 0.4) is 0 Å². The maximum absolute atomic E-state index is 9.72. The van der Waals surface area contributed by atoms with Gasteiger partial charge in [0.05, 0.1) is 6.61 Å². The van der Waals surface area contributed by atoms with E-state index in [2.05, 4.69) is 66.2 Å². The van der Waals surface area contributed by atoms with Gasteiger partial charge in [0, 0.05) is 37.1 Å². The number of aromatic nitrogens is 1. The number of anilines is 1. The summed E-state index contributed by atoms with van der Waals surface area (Å²) in [6.45, 7) is 9.70. The zero-order chi connectivity index (χ0) is 20.6. The van der Waals surface area contributed by atoms with E-state index in [9.17, 15) is 5.26 Å². The van der Waals surface area contributed by atoms with Gasteiger partial charge >= 0.3 is 0 Å².